The Hall–Kier alpha value is -1.13. The summed E-state index contributed by atoms with van der Waals surface area (Å²) in [6.45, 7) is 12.7. The Kier molecular flexibility index (Phi) is 7.68. The lowest BCUT2D eigenvalue weighted by molar-refractivity contribution is 0.372. The molecule has 4 nitrogen and oxygen atoms in total. The Bertz CT molecular complexity index is 417. The van der Waals surface area contributed by atoms with Crippen LogP contribution >= 0.6 is 0 Å². The monoisotopic (exact) mass is 292 g/mol. The van der Waals surface area contributed by atoms with E-state index in [1.54, 1.807) is 0 Å². The van der Waals surface area contributed by atoms with E-state index in [2.05, 4.69) is 69.0 Å². The fraction of sp³-hybridized carbons (Fsp3) is 0.706. The molecule has 21 heavy (non-hydrogen) atoms. The zero-order chi connectivity index (χ0) is 15.8. The van der Waals surface area contributed by atoms with Crippen LogP contribution in [0.4, 0.5) is 5.82 Å². The predicted molar refractivity (Wildman–Crippen MR) is 92.0 cm³/mol. The van der Waals surface area contributed by atoms with Crippen molar-refractivity contribution in [2.75, 3.05) is 38.6 Å². The summed E-state index contributed by atoms with van der Waals surface area (Å²) in [5, 5.41) is 3.41. The number of aromatic nitrogens is 1. The number of likely N-dealkylation sites (N-methyl/N-ethyl adjacent to an activating group) is 2. The summed E-state index contributed by atoms with van der Waals surface area (Å²) in [6.07, 6.45) is 0.979. The number of hydrogen-bond donors (Lipinski definition) is 1. The maximum atomic E-state index is 4.84. The van der Waals surface area contributed by atoms with Crippen LogP contribution in [0.2, 0.25) is 0 Å². The largest absolute Gasteiger partial charge is 0.353 e. The Morgan fingerprint density at radius 3 is 2.43 bits per heavy atom. The smallest absolute Gasteiger partial charge is 0.129 e. The minimum Gasteiger partial charge on any atom is -0.353 e. The first-order chi connectivity index (χ1) is 10.0. The molecule has 1 aromatic heterocycles. The molecule has 0 saturated heterocycles. The molecule has 0 aliphatic rings. The first kappa shape index (κ1) is 17.9. The van der Waals surface area contributed by atoms with Gasteiger partial charge in [-0.25, -0.2) is 4.98 Å². The van der Waals surface area contributed by atoms with Crippen molar-refractivity contribution in [3.8, 4) is 0 Å². The molecule has 120 valence electrons. The first-order valence-corrected chi connectivity index (χ1v) is 8.13. The highest BCUT2D eigenvalue weighted by atomic mass is 15.2. The Balaban J connectivity index is 3.01. The van der Waals surface area contributed by atoms with Crippen LogP contribution in [0.25, 0.3) is 0 Å². The summed E-state index contributed by atoms with van der Waals surface area (Å²) < 4.78 is 0. The third kappa shape index (κ3) is 5.64. The lowest BCUT2D eigenvalue weighted by Crippen LogP contribution is -2.40. The number of anilines is 1. The lowest BCUT2D eigenvalue weighted by atomic mass is 10.1. The van der Waals surface area contributed by atoms with Crippen molar-refractivity contribution < 1.29 is 0 Å². The normalized spacial score (nSPS) is 12.7. The molecule has 0 spiro atoms. The van der Waals surface area contributed by atoms with E-state index in [1.807, 2.05) is 0 Å². The molecule has 0 aromatic carbocycles. The molecule has 0 saturated carbocycles. The minimum atomic E-state index is 0.455. The van der Waals surface area contributed by atoms with E-state index in [9.17, 15) is 0 Å². The van der Waals surface area contributed by atoms with Crippen LogP contribution in [-0.4, -0.2) is 49.7 Å². The number of pyridine rings is 1. The van der Waals surface area contributed by atoms with Crippen molar-refractivity contribution in [1.29, 1.82) is 0 Å². The zero-order valence-corrected chi connectivity index (χ0v) is 14.6. The highest BCUT2D eigenvalue weighted by Crippen LogP contribution is 2.18. The summed E-state index contributed by atoms with van der Waals surface area (Å²) in [7, 11) is 4.24. The highest BCUT2D eigenvalue weighted by molar-refractivity contribution is 5.44. The molecule has 0 fully saturated rings. The van der Waals surface area contributed by atoms with Crippen molar-refractivity contribution in [3.05, 3.63) is 23.4 Å². The second-order valence-corrected chi connectivity index (χ2v) is 5.86. The van der Waals surface area contributed by atoms with Gasteiger partial charge in [0, 0.05) is 31.4 Å². The van der Waals surface area contributed by atoms with E-state index in [4.69, 9.17) is 4.98 Å². The molecule has 1 N–H and O–H groups in total. The molecule has 1 aromatic rings. The Morgan fingerprint density at radius 2 is 1.90 bits per heavy atom. The molecule has 1 atom stereocenters. The van der Waals surface area contributed by atoms with Gasteiger partial charge in [-0.15, -0.1) is 0 Å². The summed E-state index contributed by atoms with van der Waals surface area (Å²) in [4.78, 5) is 9.47. The van der Waals surface area contributed by atoms with Crippen LogP contribution < -0.4 is 10.2 Å². The third-order valence-corrected chi connectivity index (χ3v) is 3.66. The Morgan fingerprint density at radius 1 is 1.19 bits per heavy atom. The second-order valence-electron chi connectivity index (χ2n) is 5.86. The van der Waals surface area contributed by atoms with Gasteiger partial charge in [-0.1, -0.05) is 13.8 Å². The second kappa shape index (κ2) is 9.00. The van der Waals surface area contributed by atoms with E-state index in [1.165, 1.54) is 11.3 Å². The number of nitrogens with zero attached hydrogens (tertiary/aromatic N) is 3. The summed E-state index contributed by atoms with van der Waals surface area (Å²) >= 11 is 0. The van der Waals surface area contributed by atoms with Gasteiger partial charge in [0.2, 0.25) is 0 Å². The van der Waals surface area contributed by atoms with Crippen LogP contribution in [0, 0.1) is 0 Å². The number of hydrogen-bond acceptors (Lipinski definition) is 4. The average molecular weight is 292 g/mol. The van der Waals surface area contributed by atoms with E-state index >= 15 is 0 Å². The van der Waals surface area contributed by atoms with Gasteiger partial charge in [0.05, 0.1) is 0 Å². The predicted octanol–water partition coefficient (Wildman–Crippen LogP) is 2.53. The van der Waals surface area contributed by atoms with Crippen LogP contribution in [0.15, 0.2) is 12.1 Å². The quantitative estimate of drug-likeness (QED) is 0.758. The van der Waals surface area contributed by atoms with Crippen molar-refractivity contribution in [2.45, 2.75) is 46.7 Å². The van der Waals surface area contributed by atoms with E-state index < -0.39 is 0 Å². The first-order valence-electron chi connectivity index (χ1n) is 8.13. The van der Waals surface area contributed by atoms with Gasteiger partial charge >= 0.3 is 0 Å². The van der Waals surface area contributed by atoms with Crippen molar-refractivity contribution in [3.63, 3.8) is 0 Å². The molecule has 1 heterocycles. The van der Waals surface area contributed by atoms with Crippen molar-refractivity contribution >= 4 is 5.82 Å². The standard InChI is InChI=1S/C17H32N4/c1-7-16-10-15(12-18-8-2)11-17(19-16)21(9-3)14(4)13-20(5)6/h10-11,14,18H,7-9,12-13H2,1-6H3. The molecule has 1 unspecified atom stereocenters. The van der Waals surface area contributed by atoms with Gasteiger partial charge in [-0.05, 0) is 58.6 Å². The van der Waals surface area contributed by atoms with Gasteiger partial charge in [0.1, 0.15) is 5.82 Å². The maximum absolute atomic E-state index is 4.84. The summed E-state index contributed by atoms with van der Waals surface area (Å²) in [5.41, 5.74) is 2.50. The van der Waals surface area contributed by atoms with E-state index in [0.29, 0.717) is 6.04 Å². The molecule has 4 heteroatoms. The van der Waals surface area contributed by atoms with Gasteiger partial charge in [-0.2, -0.15) is 0 Å². The van der Waals surface area contributed by atoms with E-state index in [-0.39, 0.29) is 0 Å². The van der Waals surface area contributed by atoms with Gasteiger partial charge < -0.3 is 15.1 Å². The molecule has 1 rings (SSSR count). The van der Waals surface area contributed by atoms with Crippen LogP contribution in [0.1, 0.15) is 39.0 Å². The number of rotatable bonds is 9. The summed E-state index contributed by atoms with van der Waals surface area (Å²) in [5.74, 6) is 1.11. The molecular weight excluding hydrogens is 260 g/mol. The van der Waals surface area contributed by atoms with Crippen LogP contribution in [-0.2, 0) is 13.0 Å². The zero-order valence-electron chi connectivity index (χ0n) is 14.6. The fourth-order valence-corrected chi connectivity index (χ4v) is 2.66. The number of aryl methyl sites for hydroxylation is 1. The SMILES string of the molecule is CCNCc1cc(CC)nc(N(CC)C(C)CN(C)C)c1. The molecular formula is C17H32N4. The number of nitrogens with one attached hydrogen (secondary N) is 1. The highest BCUT2D eigenvalue weighted by Gasteiger charge is 2.16. The molecule has 0 aliphatic carbocycles. The lowest BCUT2D eigenvalue weighted by Gasteiger charge is -2.31. The fourth-order valence-electron chi connectivity index (χ4n) is 2.66. The maximum Gasteiger partial charge on any atom is 0.129 e. The molecule has 0 amide bonds. The van der Waals surface area contributed by atoms with Crippen LogP contribution in [0.5, 0.6) is 0 Å². The van der Waals surface area contributed by atoms with E-state index in [0.717, 1.165) is 38.4 Å². The minimum absolute atomic E-state index is 0.455. The topological polar surface area (TPSA) is 31.4 Å². The van der Waals surface area contributed by atoms with Crippen molar-refractivity contribution in [1.82, 2.24) is 15.2 Å². The summed E-state index contributed by atoms with van der Waals surface area (Å²) in [6, 6.07) is 4.91. The molecule has 0 bridgehead atoms. The third-order valence-electron chi connectivity index (χ3n) is 3.66. The van der Waals surface area contributed by atoms with Crippen LogP contribution in [0.3, 0.4) is 0 Å². The molecule has 0 aliphatic heterocycles. The van der Waals surface area contributed by atoms with Gasteiger partial charge in [0.15, 0.2) is 0 Å². The Labute approximate surface area is 130 Å². The van der Waals surface area contributed by atoms with Crippen molar-refractivity contribution in [2.24, 2.45) is 0 Å². The molecule has 0 radical (unpaired) electrons. The van der Waals surface area contributed by atoms with Gasteiger partial charge in [-0.3, -0.25) is 0 Å². The van der Waals surface area contributed by atoms with Gasteiger partial charge in [0.25, 0.3) is 0 Å². The average Bonchev–Trinajstić information content (AvgIpc) is 2.44.